The molecule has 1 N–H and O–H groups in total. The van der Waals surface area contributed by atoms with Crippen molar-refractivity contribution in [3.05, 3.63) is 0 Å². The number of hydrogen-bond acceptors (Lipinski definition) is 2. The molecule has 3 rings (SSSR count). The molecule has 1 aliphatic carbocycles. The van der Waals surface area contributed by atoms with Gasteiger partial charge >= 0.3 is 0 Å². The number of nitrogens with one attached hydrogen (secondary N) is 1. The van der Waals surface area contributed by atoms with Crippen LogP contribution in [0, 0.1) is 5.92 Å². The molecule has 2 saturated heterocycles. The minimum Gasteiger partial charge on any atom is -0.314 e. The maximum absolute atomic E-state index is 3.67. The summed E-state index contributed by atoms with van der Waals surface area (Å²) < 4.78 is 0. The third-order valence-electron chi connectivity index (χ3n) is 5.21. The molecule has 2 heteroatoms. The highest BCUT2D eigenvalue weighted by Gasteiger charge is 2.51. The van der Waals surface area contributed by atoms with Gasteiger partial charge in [0.25, 0.3) is 0 Å². The molecule has 1 saturated carbocycles. The third-order valence-corrected chi connectivity index (χ3v) is 5.21. The predicted octanol–water partition coefficient (Wildman–Crippen LogP) is 2.78. The van der Waals surface area contributed by atoms with Crippen LogP contribution in [-0.4, -0.2) is 35.6 Å². The van der Waals surface area contributed by atoms with E-state index in [0.717, 1.165) is 36.6 Å². The van der Waals surface area contributed by atoms with Gasteiger partial charge in [-0.2, -0.15) is 0 Å². The Hall–Kier alpha value is -0.0800. The van der Waals surface area contributed by atoms with E-state index in [4.69, 9.17) is 0 Å². The van der Waals surface area contributed by atoms with Crippen LogP contribution in [0.3, 0.4) is 0 Å². The minimum atomic E-state index is 0.817. The van der Waals surface area contributed by atoms with Crippen molar-refractivity contribution in [3.8, 4) is 0 Å². The van der Waals surface area contributed by atoms with E-state index in [-0.39, 0.29) is 0 Å². The van der Waals surface area contributed by atoms with Crippen molar-refractivity contribution in [2.45, 2.75) is 83.0 Å². The van der Waals surface area contributed by atoms with Gasteiger partial charge in [0.15, 0.2) is 0 Å². The molecule has 98 valence electrons. The summed E-state index contributed by atoms with van der Waals surface area (Å²) in [7, 11) is 0. The molecule has 2 aliphatic heterocycles. The minimum absolute atomic E-state index is 0.817. The van der Waals surface area contributed by atoms with E-state index in [1.165, 1.54) is 44.9 Å². The number of nitrogens with zero attached hydrogens (tertiary/aromatic N) is 1. The van der Waals surface area contributed by atoms with E-state index < -0.39 is 0 Å². The van der Waals surface area contributed by atoms with Crippen molar-refractivity contribution in [1.82, 2.24) is 10.2 Å². The van der Waals surface area contributed by atoms with Gasteiger partial charge in [0, 0.05) is 24.2 Å². The Kier molecular flexibility index (Phi) is 3.45. The Morgan fingerprint density at radius 1 is 1.06 bits per heavy atom. The summed E-state index contributed by atoms with van der Waals surface area (Å²) >= 11 is 0. The first-order valence-corrected chi connectivity index (χ1v) is 7.84. The summed E-state index contributed by atoms with van der Waals surface area (Å²) in [4.78, 5) is 2.94. The van der Waals surface area contributed by atoms with Crippen LogP contribution in [-0.2, 0) is 0 Å². The monoisotopic (exact) mass is 236 g/mol. The van der Waals surface area contributed by atoms with Gasteiger partial charge in [-0.3, -0.25) is 4.90 Å². The summed E-state index contributed by atoms with van der Waals surface area (Å²) in [6.07, 6.45) is 10.1. The highest BCUT2D eigenvalue weighted by molar-refractivity contribution is 5.06. The second-order valence-electron chi connectivity index (χ2n) is 6.41. The topological polar surface area (TPSA) is 15.3 Å². The van der Waals surface area contributed by atoms with Gasteiger partial charge in [0.1, 0.15) is 0 Å². The van der Waals surface area contributed by atoms with E-state index in [2.05, 4.69) is 24.1 Å². The van der Waals surface area contributed by atoms with E-state index in [0.29, 0.717) is 0 Å². The van der Waals surface area contributed by atoms with Crippen LogP contribution in [0.25, 0.3) is 0 Å². The molecule has 2 bridgehead atoms. The Labute approximate surface area is 106 Å². The fourth-order valence-electron chi connectivity index (χ4n) is 4.49. The molecule has 4 atom stereocenters. The molecule has 3 fully saturated rings. The van der Waals surface area contributed by atoms with E-state index in [1.54, 1.807) is 0 Å². The Balaban J connectivity index is 1.58. The zero-order valence-electron chi connectivity index (χ0n) is 11.5. The van der Waals surface area contributed by atoms with Crippen molar-refractivity contribution >= 4 is 0 Å². The molecule has 0 aromatic carbocycles. The zero-order valence-corrected chi connectivity index (χ0v) is 11.5. The first-order valence-electron chi connectivity index (χ1n) is 7.84. The normalized spacial score (nSPS) is 45.2. The van der Waals surface area contributed by atoms with E-state index in [1.807, 2.05) is 0 Å². The van der Waals surface area contributed by atoms with Gasteiger partial charge in [-0.05, 0) is 51.0 Å². The first-order chi connectivity index (χ1) is 8.33. The Bertz CT molecular complexity index is 252. The van der Waals surface area contributed by atoms with Crippen LogP contribution in [0.1, 0.15) is 58.8 Å². The second kappa shape index (κ2) is 4.89. The molecule has 0 aromatic heterocycles. The van der Waals surface area contributed by atoms with Gasteiger partial charge in [-0.1, -0.05) is 20.3 Å². The molecule has 2 heterocycles. The Morgan fingerprint density at radius 3 is 2.35 bits per heavy atom. The lowest BCUT2D eigenvalue weighted by molar-refractivity contribution is 0.102. The van der Waals surface area contributed by atoms with Crippen molar-refractivity contribution in [3.63, 3.8) is 0 Å². The number of fused-ring (bicyclic) bond motifs is 2. The predicted molar refractivity (Wildman–Crippen MR) is 72.2 cm³/mol. The average Bonchev–Trinajstić information content (AvgIpc) is 3.01. The highest BCUT2D eigenvalue weighted by Crippen LogP contribution is 2.48. The largest absolute Gasteiger partial charge is 0.314 e. The van der Waals surface area contributed by atoms with Crippen LogP contribution < -0.4 is 5.32 Å². The summed E-state index contributed by atoms with van der Waals surface area (Å²) in [5.74, 6) is 1.05. The lowest BCUT2D eigenvalue weighted by atomic mass is 9.96. The molecular weight excluding hydrogens is 208 g/mol. The summed E-state index contributed by atoms with van der Waals surface area (Å²) in [5, 5.41) is 3.67. The fourth-order valence-corrected chi connectivity index (χ4v) is 4.49. The van der Waals surface area contributed by atoms with Crippen LogP contribution in [0.4, 0.5) is 0 Å². The SMILES string of the molecule is CCCC1CC1N1C2CCC1CC(NCC)C2. The molecule has 17 heavy (non-hydrogen) atoms. The maximum Gasteiger partial charge on any atom is 0.0133 e. The standard InChI is InChI=1S/C15H28N2/c1-3-5-11-8-15(11)17-13-6-7-14(17)10-12(9-13)16-4-2/h11-16H,3-10H2,1-2H3. The van der Waals surface area contributed by atoms with Crippen molar-refractivity contribution < 1.29 is 0 Å². The molecular formula is C15H28N2. The number of piperidine rings is 1. The molecule has 3 aliphatic rings. The van der Waals surface area contributed by atoms with Crippen LogP contribution in [0.15, 0.2) is 0 Å². The van der Waals surface area contributed by atoms with Crippen LogP contribution in [0.2, 0.25) is 0 Å². The van der Waals surface area contributed by atoms with Crippen LogP contribution in [0.5, 0.6) is 0 Å². The van der Waals surface area contributed by atoms with E-state index in [9.17, 15) is 0 Å². The highest BCUT2D eigenvalue weighted by atomic mass is 15.3. The van der Waals surface area contributed by atoms with Gasteiger partial charge in [-0.25, -0.2) is 0 Å². The summed E-state index contributed by atoms with van der Waals surface area (Å²) in [6.45, 7) is 5.72. The molecule has 4 unspecified atom stereocenters. The van der Waals surface area contributed by atoms with E-state index >= 15 is 0 Å². The summed E-state index contributed by atoms with van der Waals surface area (Å²) in [5.41, 5.74) is 0. The molecule has 2 nitrogen and oxygen atoms in total. The second-order valence-corrected chi connectivity index (χ2v) is 6.41. The quantitative estimate of drug-likeness (QED) is 0.789. The van der Waals surface area contributed by atoms with Gasteiger partial charge < -0.3 is 5.32 Å². The van der Waals surface area contributed by atoms with Gasteiger partial charge in [-0.15, -0.1) is 0 Å². The number of rotatable bonds is 5. The zero-order chi connectivity index (χ0) is 11.8. The number of hydrogen-bond donors (Lipinski definition) is 1. The summed E-state index contributed by atoms with van der Waals surface area (Å²) in [6, 6.07) is 3.64. The fraction of sp³-hybridized carbons (Fsp3) is 1.00. The molecule has 0 radical (unpaired) electrons. The van der Waals surface area contributed by atoms with Gasteiger partial charge in [0.2, 0.25) is 0 Å². The van der Waals surface area contributed by atoms with Crippen LogP contribution >= 0.6 is 0 Å². The maximum atomic E-state index is 3.67. The van der Waals surface area contributed by atoms with Crippen molar-refractivity contribution in [2.75, 3.05) is 6.54 Å². The van der Waals surface area contributed by atoms with Gasteiger partial charge in [0.05, 0.1) is 0 Å². The van der Waals surface area contributed by atoms with Crippen molar-refractivity contribution in [2.24, 2.45) is 5.92 Å². The lowest BCUT2D eigenvalue weighted by Gasteiger charge is -2.39. The third kappa shape index (κ3) is 2.26. The molecule has 0 amide bonds. The lowest BCUT2D eigenvalue weighted by Crippen LogP contribution is -2.50. The molecule has 0 spiro atoms. The smallest absolute Gasteiger partial charge is 0.0133 e. The molecule has 0 aromatic rings. The Morgan fingerprint density at radius 2 is 1.76 bits per heavy atom. The first kappa shape index (κ1) is 12.0. The average molecular weight is 236 g/mol. The van der Waals surface area contributed by atoms with Crippen molar-refractivity contribution in [1.29, 1.82) is 0 Å².